The third-order valence-corrected chi connectivity index (χ3v) is 9.88. The molecule has 0 saturated heterocycles. The van der Waals surface area contributed by atoms with Crippen LogP contribution in [0.25, 0.3) is 10.8 Å². The van der Waals surface area contributed by atoms with Crippen LogP contribution in [0.15, 0.2) is 40.4 Å². The lowest BCUT2D eigenvalue weighted by Crippen LogP contribution is -2.53. The van der Waals surface area contributed by atoms with Crippen molar-refractivity contribution in [3.05, 3.63) is 45.7 Å². The number of rotatable bonds is 7. The standard InChI is InChI=1S/C27H33N3O3/c1-16(2)23(15-28-33)30-7-6-20-21(25(30)32)4-3-5-22(20)29-24(31)14-26-10-18-8-17-9-19(13-26)27(26,11-17)12-18/h3-7,16-19,23H,8-15H2,1-2H3,(H,29,31). The minimum atomic E-state index is -0.278. The van der Waals surface area contributed by atoms with Crippen LogP contribution in [0.2, 0.25) is 0 Å². The fraction of sp³-hybridized carbons (Fsp3) is 0.630. The minimum absolute atomic E-state index is 0.0617. The first kappa shape index (κ1) is 21.1. The molecule has 1 aromatic heterocycles. The van der Waals surface area contributed by atoms with E-state index in [1.807, 2.05) is 32.0 Å². The van der Waals surface area contributed by atoms with Crippen LogP contribution in [0.1, 0.15) is 64.8 Å². The summed E-state index contributed by atoms with van der Waals surface area (Å²) in [7, 11) is 0. The number of anilines is 1. The third kappa shape index (κ3) is 2.91. The van der Waals surface area contributed by atoms with E-state index in [9.17, 15) is 14.5 Å². The largest absolute Gasteiger partial charge is 0.325 e. The van der Waals surface area contributed by atoms with Crippen LogP contribution in [-0.2, 0) is 4.79 Å². The number of fused-ring (bicyclic) bond motifs is 3. The van der Waals surface area contributed by atoms with Gasteiger partial charge in [0.15, 0.2) is 0 Å². The van der Waals surface area contributed by atoms with Gasteiger partial charge in [0.2, 0.25) is 5.91 Å². The number of nitroso groups, excluding NO2 is 1. The molecule has 6 heteroatoms. The van der Waals surface area contributed by atoms with Crippen LogP contribution < -0.4 is 10.9 Å². The maximum atomic E-state index is 13.3. The SMILES string of the molecule is CC(C)C(CN=O)n1ccc2c(NC(=O)CC34CC5CC6CC(C3)C4(C6)C5)cccc2c1=O. The predicted molar refractivity (Wildman–Crippen MR) is 129 cm³/mol. The molecule has 4 aliphatic carbocycles. The minimum Gasteiger partial charge on any atom is -0.325 e. The van der Waals surface area contributed by atoms with Crippen molar-refractivity contribution >= 4 is 22.4 Å². The number of amides is 1. The zero-order valence-electron chi connectivity index (χ0n) is 19.5. The molecule has 1 amide bonds. The smallest absolute Gasteiger partial charge is 0.258 e. The maximum absolute atomic E-state index is 13.3. The Morgan fingerprint density at radius 3 is 2.73 bits per heavy atom. The van der Waals surface area contributed by atoms with E-state index in [0.717, 1.165) is 23.1 Å². The molecule has 1 aromatic carbocycles. The monoisotopic (exact) mass is 447 g/mol. The molecule has 0 aliphatic heterocycles. The molecule has 3 bridgehead atoms. The lowest BCUT2D eigenvalue weighted by molar-refractivity contribution is -0.136. The fourth-order valence-corrected chi connectivity index (χ4v) is 8.76. The van der Waals surface area contributed by atoms with Crippen LogP contribution >= 0.6 is 0 Å². The Hall–Kier alpha value is -2.50. The lowest BCUT2D eigenvalue weighted by atomic mass is 9.45. The second kappa shape index (κ2) is 7.25. The Bertz CT molecular complexity index is 1200. The van der Waals surface area contributed by atoms with Gasteiger partial charge >= 0.3 is 0 Å². The highest BCUT2D eigenvalue weighted by molar-refractivity contribution is 6.02. The molecule has 6 nitrogen and oxygen atoms in total. The molecule has 0 radical (unpaired) electrons. The second-order valence-electron chi connectivity index (χ2n) is 11.8. The van der Waals surface area contributed by atoms with Crippen molar-refractivity contribution < 1.29 is 4.79 Å². The summed E-state index contributed by atoms with van der Waals surface area (Å²) < 4.78 is 1.61. The molecule has 4 fully saturated rings. The topological polar surface area (TPSA) is 80.5 Å². The van der Waals surface area contributed by atoms with Gasteiger partial charge in [0.25, 0.3) is 5.56 Å². The van der Waals surface area contributed by atoms with E-state index < -0.39 is 0 Å². The van der Waals surface area contributed by atoms with Gasteiger partial charge < -0.3 is 9.88 Å². The Morgan fingerprint density at radius 1 is 1.12 bits per heavy atom. The van der Waals surface area contributed by atoms with Gasteiger partial charge in [0.05, 0.1) is 6.04 Å². The summed E-state index contributed by atoms with van der Waals surface area (Å²) >= 11 is 0. The highest BCUT2D eigenvalue weighted by Crippen LogP contribution is 2.82. The van der Waals surface area contributed by atoms with Crippen molar-refractivity contribution in [3.8, 4) is 0 Å². The first-order valence-electron chi connectivity index (χ1n) is 12.6. The quantitative estimate of drug-likeness (QED) is 0.568. The van der Waals surface area contributed by atoms with Crippen molar-refractivity contribution in [1.29, 1.82) is 0 Å². The number of hydrogen-bond donors (Lipinski definition) is 1. The summed E-state index contributed by atoms with van der Waals surface area (Å²) in [5.74, 6) is 2.78. The molecule has 6 rings (SSSR count). The van der Waals surface area contributed by atoms with Crippen LogP contribution in [0.5, 0.6) is 0 Å². The molecule has 6 atom stereocenters. The van der Waals surface area contributed by atoms with Crippen LogP contribution in [-0.4, -0.2) is 17.0 Å². The van der Waals surface area contributed by atoms with E-state index in [4.69, 9.17) is 0 Å². The summed E-state index contributed by atoms with van der Waals surface area (Å²) in [6.07, 6.45) is 10.3. The molecule has 4 saturated carbocycles. The Kier molecular flexibility index (Phi) is 4.63. The van der Waals surface area contributed by atoms with Gasteiger partial charge in [-0.3, -0.25) is 9.59 Å². The number of aromatic nitrogens is 1. The van der Waals surface area contributed by atoms with E-state index in [-0.39, 0.29) is 35.4 Å². The lowest BCUT2D eigenvalue weighted by Gasteiger charge is -2.59. The summed E-state index contributed by atoms with van der Waals surface area (Å²) in [6.45, 7) is 4.03. The number of carbonyl (C=O) groups excluding carboxylic acids is 1. The normalized spacial score (nSPS) is 34.3. The van der Waals surface area contributed by atoms with E-state index >= 15 is 0 Å². The van der Waals surface area contributed by atoms with Gasteiger partial charge in [-0.25, -0.2) is 0 Å². The summed E-state index contributed by atoms with van der Waals surface area (Å²) in [4.78, 5) is 37.5. The Labute approximate surface area is 194 Å². The first-order valence-corrected chi connectivity index (χ1v) is 12.6. The number of carbonyl (C=O) groups is 1. The molecule has 1 spiro atoms. The van der Waals surface area contributed by atoms with E-state index in [0.29, 0.717) is 22.9 Å². The van der Waals surface area contributed by atoms with Gasteiger partial charge in [-0.05, 0) is 91.2 Å². The Morgan fingerprint density at radius 2 is 1.94 bits per heavy atom. The number of nitrogens with zero attached hydrogens (tertiary/aromatic N) is 2. The highest BCUT2D eigenvalue weighted by atomic mass is 16.3. The molecule has 4 aliphatic rings. The molecule has 174 valence electrons. The van der Waals surface area contributed by atoms with Crippen molar-refractivity contribution in [2.45, 2.75) is 64.8 Å². The molecule has 1 heterocycles. The molecule has 33 heavy (non-hydrogen) atoms. The molecular formula is C27H33N3O3. The number of nitrogens with one attached hydrogen (secondary N) is 1. The van der Waals surface area contributed by atoms with E-state index in [2.05, 4.69) is 10.5 Å². The van der Waals surface area contributed by atoms with Gasteiger partial charge in [0.1, 0.15) is 6.54 Å². The summed E-state index contributed by atoms with van der Waals surface area (Å²) in [5, 5.41) is 7.52. The zero-order chi connectivity index (χ0) is 23.0. The molecule has 6 unspecified atom stereocenters. The van der Waals surface area contributed by atoms with Gasteiger partial charge in [-0.1, -0.05) is 25.1 Å². The molecule has 2 aromatic rings. The highest BCUT2D eigenvalue weighted by Gasteiger charge is 2.74. The fourth-order valence-electron chi connectivity index (χ4n) is 8.76. The average Bonchev–Trinajstić information content (AvgIpc) is 3.08. The van der Waals surface area contributed by atoms with Crippen LogP contribution in [0.3, 0.4) is 0 Å². The average molecular weight is 448 g/mol. The number of pyridine rings is 1. The van der Waals surface area contributed by atoms with Crippen LogP contribution in [0, 0.1) is 39.4 Å². The predicted octanol–water partition coefficient (Wildman–Crippen LogP) is 5.51. The third-order valence-electron chi connectivity index (χ3n) is 9.88. The Balaban J connectivity index is 1.27. The summed E-state index contributed by atoms with van der Waals surface area (Å²) in [5.41, 5.74) is 1.21. The van der Waals surface area contributed by atoms with Crippen LogP contribution in [0.4, 0.5) is 5.69 Å². The van der Waals surface area contributed by atoms with E-state index in [1.165, 1.54) is 38.5 Å². The van der Waals surface area contributed by atoms with Crippen molar-refractivity contribution in [2.24, 2.45) is 39.7 Å². The number of hydrogen-bond acceptors (Lipinski definition) is 4. The van der Waals surface area contributed by atoms with Gasteiger partial charge in [0, 0.05) is 29.1 Å². The van der Waals surface area contributed by atoms with E-state index in [1.54, 1.807) is 16.8 Å². The molecular weight excluding hydrogens is 414 g/mol. The van der Waals surface area contributed by atoms with Crippen molar-refractivity contribution in [1.82, 2.24) is 4.57 Å². The van der Waals surface area contributed by atoms with Gasteiger partial charge in [-0.15, -0.1) is 0 Å². The van der Waals surface area contributed by atoms with Crippen molar-refractivity contribution in [2.75, 3.05) is 11.9 Å². The molecule has 1 N–H and O–H groups in total. The maximum Gasteiger partial charge on any atom is 0.258 e. The van der Waals surface area contributed by atoms with Crippen molar-refractivity contribution in [3.63, 3.8) is 0 Å². The van der Waals surface area contributed by atoms with Gasteiger partial charge in [-0.2, -0.15) is 4.91 Å². The zero-order valence-corrected chi connectivity index (χ0v) is 19.5. The second-order valence-corrected chi connectivity index (χ2v) is 11.8. The first-order chi connectivity index (χ1) is 15.9. The number of benzene rings is 1. The summed E-state index contributed by atoms with van der Waals surface area (Å²) in [6, 6.07) is 7.11.